The highest BCUT2D eigenvalue weighted by Gasteiger charge is 2.15. The Balaban J connectivity index is 1.52. The summed E-state index contributed by atoms with van der Waals surface area (Å²) in [6.45, 7) is 4.16. The van der Waals surface area contributed by atoms with E-state index in [0.717, 1.165) is 27.7 Å². The van der Waals surface area contributed by atoms with E-state index >= 15 is 0 Å². The molecule has 2 aromatic heterocycles. The van der Waals surface area contributed by atoms with Crippen LogP contribution in [-0.4, -0.2) is 26.6 Å². The lowest BCUT2D eigenvalue weighted by molar-refractivity contribution is -0.115. The molecule has 0 saturated heterocycles. The van der Waals surface area contributed by atoms with E-state index in [9.17, 15) is 4.79 Å². The molecular formula is C23H22N4OS2. The molecule has 2 N–H and O–H groups in total. The van der Waals surface area contributed by atoms with Crippen LogP contribution in [-0.2, 0) is 4.79 Å². The van der Waals surface area contributed by atoms with Gasteiger partial charge in [0.25, 0.3) is 0 Å². The van der Waals surface area contributed by atoms with Crippen molar-refractivity contribution in [1.29, 1.82) is 0 Å². The first-order valence-corrected chi connectivity index (χ1v) is 11.5. The van der Waals surface area contributed by atoms with Gasteiger partial charge >= 0.3 is 0 Å². The number of hydrogen-bond acceptors (Lipinski definition) is 5. The maximum atomic E-state index is 12.1. The molecule has 0 fully saturated rings. The number of aromatic amines is 1. The number of rotatable bonds is 7. The zero-order chi connectivity index (χ0) is 20.9. The monoisotopic (exact) mass is 434 g/mol. The number of H-pyrrole nitrogens is 1. The van der Waals surface area contributed by atoms with Gasteiger partial charge < -0.3 is 10.3 Å². The molecule has 1 amide bonds. The summed E-state index contributed by atoms with van der Waals surface area (Å²) in [6.07, 6.45) is 2.07. The summed E-state index contributed by atoms with van der Waals surface area (Å²) in [6, 6.07) is 16.8. The Morgan fingerprint density at radius 3 is 2.33 bits per heavy atom. The van der Waals surface area contributed by atoms with Gasteiger partial charge in [0.1, 0.15) is 0 Å². The third-order valence-electron chi connectivity index (χ3n) is 4.59. The van der Waals surface area contributed by atoms with Crippen LogP contribution in [0.15, 0.2) is 65.3 Å². The third kappa shape index (κ3) is 4.98. The maximum Gasteiger partial charge on any atom is 0.226 e. The Kier molecular flexibility index (Phi) is 6.30. The SMILES string of the molecule is Cc1ccc(-c2nc(SCCC(=O)Nc3nccs3)[nH]c2-c2ccc(C)cc2)cc1. The van der Waals surface area contributed by atoms with Gasteiger partial charge in [-0.05, 0) is 13.8 Å². The Bertz CT molecular complexity index is 1050. The second kappa shape index (κ2) is 9.28. The van der Waals surface area contributed by atoms with Crippen LogP contribution in [0.25, 0.3) is 22.5 Å². The van der Waals surface area contributed by atoms with E-state index in [1.54, 1.807) is 18.0 Å². The van der Waals surface area contributed by atoms with Crippen molar-refractivity contribution in [3.63, 3.8) is 0 Å². The molecule has 2 heterocycles. The topological polar surface area (TPSA) is 70.7 Å². The van der Waals surface area contributed by atoms with Gasteiger partial charge in [-0.2, -0.15) is 0 Å². The number of hydrogen-bond donors (Lipinski definition) is 2. The molecule has 0 spiro atoms. The number of thiazole rings is 1. The van der Waals surface area contributed by atoms with Crippen LogP contribution in [0.2, 0.25) is 0 Å². The molecule has 0 aliphatic heterocycles. The quantitative estimate of drug-likeness (QED) is 0.353. The van der Waals surface area contributed by atoms with Crippen LogP contribution < -0.4 is 5.32 Å². The van der Waals surface area contributed by atoms with E-state index in [1.165, 1.54) is 22.5 Å². The van der Waals surface area contributed by atoms with Gasteiger partial charge in [-0.25, -0.2) is 9.97 Å². The van der Waals surface area contributed by atoms with Crippen LogP contribution >= 0.6 is 23.1 Å². The Labute approximate surface area is 184 Å². The van der Waals surface area contributed by atoms with Gasteiger partial charge in [-0.15, -0.1) is 11.3 Å². The Morgan fingerprint density at radius 1 is 1.03 bits per heavy atom. The molecule has 0 aliphatic carbocycles. The van der Waals surface area contributed by atoms with E-state index in [-0.39, 0.29) is 5.91 Å². The molecule has 4 aromatic rings. The average molecular weight is 435 g/mol. The van der Waals surface area contributed by atoms with Crippen LogP contribution in [0, 0.1) is 13.8 Å². The molecule has 0 saturated carbocycles. The Morgan fingerprint density at radius 2 is 1.70 bits per heavy atom. The lowest BCUT2D eigenvalue weighted by Gasteiger charge is -2.04. The van der Waals surface area contributed by atoms with E-state index in [2.05, 4.69) is 77.7 Å². The zero-order valence-electron chi connectivity index (χ0n) is 16.8. The number of benzene rings is 2. The van der Waals surface area contributed by atoms with Crippen molar-refractivity contribution in [2.24, 2.45) is 0 Å². The lowest BCUT2D eigenvalue weighted by Crippen LogP contribution is -2.11. The highest BCUT2D eigenvalue weighted by Crippen LogP contribution is 2.33. The number of thioether (sulfide) groups is 1. The highest BCUT2D eigenvalue weighted by atomic mass is 32.2. The molecule has 2 aromatic carbocycles. The summed E-state index contributed by atoms with van der Waals surface area (Å²) in [7, 11) is 0. The largest absolute Gasteiger partial charge is 0.332 e. The van der Waals surface area contributed by atoms with Crippen LogP contribution in [0.3, 0.4) is 0 Å². The van der Waals surface area contributed by atoms with E-state index in [1.807, 2.05) is 5.38 Å². The van der Waals surface area contributed by atoms with Gasteiger partial charge in [0.15, 0.2) is 10.3 Å². The minimum absolute atomic E-state index is 0.0403. The minimum atomic E-state index is -0.0403. The fourth-order valence-electron chi connectivity index (χ4n) is 2.98. The zero-order valence-corrected chi connectivity index (χ0v) is 18.4. The molecule has 0 unspecified atom stereocenters. The number of imidazole rings is 1. The first kappa shape index (κ1) is 20.4. The Hall–Kier alpha value is -2.90. The molecule has 0 radical (unpaired) electrons. The normalized spacial score (nSPS) is 10.9. The number of aromatic nitrogens is 3. The van der Waals surface area contributed by atoms with Crippen molar-refractivity contribution in [2.45, 2.75) is 25.4 Å². The second-order valence-corrected chi connectivity index (χ2v) is 8.96. The van der Waals surface area contributed by atoms with Crippen molar-refractivity contribution in [3.8, 4) is 22.5 Å². The first-order chi connectivity index (χ1) is 14.6. The number of amides is 1. The van der Waals surface area contributed by atoms with Gasteiger partial charge in [-0.3, -0.25) is 4.79 Å². The fourth-order valence-corrected chi connectivity index (χ4v) is 4.33. The van der Waals surface area contributed by atoms with Crippen LogP contribution in [0.1, 0.15) is 17.5 Å². The average Bonchev–Trinajstić information content (AvgIpc) is 3.39. The predicted octanol–water partition coefficient (Wildman–Crippen LogP) is 5.94. The molecule has 0 atom stereocenters. The molecule has 4 rings (SSSR count). The lowest BCUT2D eigenvalue weighted by atomic mass is 10.0. The van der Waals surface area contributed by atoms with Crippen LogP contribution in [0.5, 0.6) is 0 Å². The molecule has 0 aliphatic rings. The van der Waals surface area contributed by atoms with Gasteiger partial charge in [0, 0.05) is 34.9 Å². The number of anilines is 1. The fraction of sp³-hybridized carbons (Fsp3) is 0.174. The third-order valence-corrected chi connectivity index (χ3v) is 6.16. The van der Waals surface area contributed by atoms with Crippen molar-refractivity contribution in [1.82, 2.24) is 15.0 Å². The smallest absolute Gasteiger partial charge is 0.226 e. The predicted molar refractivity (Wildman–Crippen MR) is 125 cm³/mol. The maximum absolute atomic E-state index is 12.1. The van der Waals surface area contributed by atoms with E-state index < -0.39 is 0 Å². The number of carbonyl (C=O) groups is 1. The van der Waals surface area contributed by atoms with Gasteiger partial charge in [0.05, 0.1) is 11.4 Å². The van der Waals surface area contributed by atoms with Gasteiger partial charge in [0.2, 0.25) is 5.91 Å². The first-order valence-electron chi connectivity index (χ1n) is 9.65. The summed E-state index contributed by atoms with van der Waals surface area (Å²) in [5.41, 5.74) is 6.52. The number of carbonyl (C=O) groups excluding carboxylic acids is 1. The van der Waals surface area contributed by atoms with Crippen molar-refractivity contribution in [2.75, 3.05) is 11.1 Å². The standard InChI is InChI=1S/C23H22N4OS2/c1-15-3-7-17(8-4-15)20-21(18-9-5-16(2)6-10-18)27-23(26-20)29-13-11-19(28)25-22-24-12-14-30-22/h3-10,12,14H,11,13H2,1-2H3,(H,26,27)(H,24,25,28). The summed E-state index contributed by atoms with van der Waals surface area (Å²) in [5.74, 6) is 0.590. The van der Waals surface area contributed by atoms with Crippen LogP contribution in [0.4, 0.5) is 5.13 Å². The summed E-state index contributed by atoms with van der Waals surface area (Å²) >= 11 is 2.96. The van der Waals surface area contributed by atoms with Crippen molar-refractivity contribution in [3.05, 3.63) is 71.2 Å². The van der Waals surface area contributed by atoms with Crippen molar-refractivity contribution >= 4 is 34.1 Å². The number of nitrogens with zero attached hydrogens (tertiary/aromatic N) is 2. The minimum Gasteiger partial charge on any atom is -0.332 e. The van der Waals surface area contributed by atoms with E-state index in [4.69, 9.17) is 4.98 Å². The molecule has 5 nitrogen and oxygen atoms in total. The number of nitrogens with one attached hydrogen (secondary N) is 2. The molecule has 0 bridgehead atoms. The molecule has 30 heavy (non-hydrogen) atoms. The summed E-state index contributed by atoms with van der Waals surface area (Å²) in [5, 5.41) is 6.09. The van der Waals surface area contributed by atoms with E-state index in [0.29, 0.717) is 17.3 Å². The van der Waals surface area contributed by atoms with Crippen molar-refractivity contribution < 1.29 is 4.79 Å². The molecular weight excluding hydrogens is 412 g/mol. The summed E-state index contributed by atoms with van der Waals surface area (Å²) in [4.78, 5) is 24.5. The van der Waals surface area contributed by atoms with Gasteiger partial charge in [-0.1, -0.05) is 71.4 Å². The highest BCUT2D eigenvalue weighted by molar-refractivity contribution is 7.99. The second-order valence-electron chi connectivity index (χ2n) is 6.98. The molecule has 152 valence electrons. The summed E-state index contributed by atoms with van der Waals surface area (Å²) < 4.78 is 0. The number of aryl methyl sites for hydroxylation is 2. The molecule has 7 heteroatoms.